The maximum absolute atomic E-state index is 11.9. The van der Waals surface area contributed by atoms with Crippen molar-refractivity contribution in [3.63, 3.8) is 0 Å². The Hall–Kier alpha value is -2.53. The molecule has 1 aliphatic rings. The molecule has 0 aliphatic carbocycles. The van der Waals surface area contributed by atoms with Crippen molar-refractivity contribution in [1.82, 2.24) is 5.32 Å². The Morgan fingerprint density at radius 1 is 0.905 bits per heavy atom. The zero-order valence-corrected chi connectivity index (χ0v) is 11.7. The van der Waals surface area contributed by atoms with Gasteiger partial charge in [-0.15, -0.1) is 0 Å². The van der Waals surface area contributed by atoms with E-state index in [4.69, 9.17) is 4.74 Å². The zero-order valence-electron chi connectivity index (χ0n) is 10.9. The molecule has 104 valence electrons. The highest BCUT2D eigenvalue weighted by molar-refractivity contribution is 8.18. The Morgan fingerprint density at radius 3 is 2.10 bits per heavy atom. The number of nitrogens with one attached hydrogen (secondary N) is 1. The highest BCUT2D eigenvalue weighted by atomic mass is 32.2. The molecule has 0 aromatic heterocycles. The van der Waals surface area contributed by atoms with E-state index in [2.05, 4.69) is 5.32 Å². The Bertz CT molecular complexity index is 711. The van der Waals surface area contributed by atoms with E-state index in [0.29, 0.717) is 11.5 Å². The Labute approximate surface area is 125 Å². The Balaban J connectivity index is 2.06. The molecule has 4 nitrogen and oxygen atoms in total. The first kappa shape index (κ1) is 13.5. The summed E-state index contributed by atoms with van der Waals surface area (Å²) in [6, 6.07) is 18.4. The van der Waals surface area contributed by atoms with Crippen molar-refractivity contribution >= 4 is 28.7 Å². The van der Waals surface area contributed by atoms with E-state index < -0.39 is 5.91 Å². The average molecular weight is 297 g/mol. The molecular formula is C16H11NO3S. The van der Waals surface area contributed by atoms with Crippen LogP contribution in [0.2, 0.25) is 0 Å². The van der Waals surface area contributed by atoms with Crippen molar-refractivity contribution in [2.45, 2.75) is 0 Å². The number of amides is 2. The molecule has 2 amide bonds. The lowest BCUT2D eigenvalue weighted by Crippen LogP contribution is -2.19. The molecule has 0 spiro atoms. The van der Waals surface area contributed by atoms with E-state index in [1.807, 2.05) is 48.5 Å². The van der Waals surface area contributed by atoms with Gasteiger partial charge in [0.15, 0.2) is 5.76 Å². The molecule has 0 radical (unpaired) electrons. The molecule has 1 fully saturated rings. The third-order valence-electron chi connectivity index (χ3n) is 2.82. The van der Waals surface area contributed by atoms with Crippen molar-refractivity contribution in [3.8, 4) is 5.75 Å². The van der Waals surface area contributed by atoms with Gasteiger partial charge in [-0.3, -0.25) is 14.9 Å². The number of benzene rings is 2. The number of hydrogen-bond donors (Lipinski definition) is 1. The summed E-state index contributed by atoms with van der Waals surface area (Å²) >= 11 is 0.851. The minimum absolute atomic E-state index is 0.273. The first-order valence-electron chi connectivity index (χ1n) is 6.30. The van der Waals surface area contributed by atoms with E-state index >= 15 is 0 Å². The second kappa shape index (κ2) is 5.85. The number of para-hydroxylation sites is 1. The molecule has 21 heavy (non-hydrogen) atoms. The van der Waals surface area contributed by atoms with Crippen LogP contribution in [0.1, 0.15) is 5.56 Å². The molecule has 2 aromatic carbocycles. The quantitative estimate of drug-likeness (QED) is 0.696. The molecule has 1 N–H and O–H groups in total. The number of carbonyl (C=O) groups excluding carboxylic acids is 2. The van der Waals surface area contributed by atoms with Crippen molar-refractivity contribution in [3.05, 3.63) is 71.1 Å². The third-order valence-corrected chi connectivity index (χ3v) is 3.68. The van der Waals surface area contributed by atoms with Crippen LogP contribution in [0, 0.1) is 0 Å². The van der Waals surface area contributed by atoms with Crippen molar-refractivity contribution in [2.75, 3.05) is 0 Å². The summed E-state index contributed by atoms with van der Waals surface area (Å²) in [5.74, 6) is 0.562. The van der Waals surface area contributed by atoms with Crippen LogP contribution in [0.3, 0.4) is 0 Å². The van der Waals surface area contributed by atoms with E-state index in [-0.39, 0.29) is 10.1 Å². The topological polar surface area (TPSA) is 55.4 Å². The zero-order chi connectivity index (χ0) is 14.7. The van der Waals surface area contributed by atoms with Gasteiger partial charge in [-0.05, 0) is 23.9 Å². The second-order valence-corrected chi connectivity index (χ2v) is 5.27. The lowest BCUT2D eigenvalue weighted by Gasteiger charge is -2.11. The van der Waals surface area contributed by atoms with Gasteiger partial charge < -0.3 is 4.74 Å². The number of carbonyl (C=O) groups is 2. The summed E-state index contributed by atoms with van der Waals surface area (Å²) in [7, 11) is 0. The van der Waals surface area contributed by atoms with Crippen LogP contribution >= 0.6 is 11.8 Å². The molecule has 1 heterocycles. The monoisotopic (exact) mass is 297 g/mol. The normalized spacial score (nSPS) is 16.6. The summed E-state index contributed by atoms with van der Waals surface area (Å²) < 4.78 is 5.85. The molecule has 1 saturated heterocycles. The van der Waals surface area contributed by atoms with Crippen LogP contribution in [0.25, 0.3) is 5.76 Å². The van der Waals surface area contributed by atoms with Crippen LogP contribution in [0.5, 0.6) is 5.75 Å². The van der Waals surface area contributed by atoms with Gasteiger partial charge >= 0.3 is 0 Å². The van der Waals surface area contributed by atoms with Gasteiger partial charge in [0.1, 0.15) is 10.7 Å². The van der Waals surface area contributed by atoms with E-state index in [9.17, 15) is 9.59 Å². The minimum atomic E-state index is -0.431. The van der Waals surface area contributed by atoms with Crippen LogP contribution in [-0.2, 0) is 4.79 Å². The smallest absolute Gasteiger partial charge is 0.291 e. The van der Waals surface area contributed by atoms with Crippen molar-refractivity contribution in [1.29, 1.82) is 0 Å². The molecule has 3 rings (SSSR count). The fraction of sp³-hybridized carbons (Fsp3) is 0. The van der Waals surface area contributed by atoms with Crippen LogP contribution in [-0.4, -0.2) is 11.1 Å². The minimum Gasteiger partial charge on any atom is -0.455 e. The van der Waals surface area contributed by atoms with Crippen LogP contribution in [0.4, 0.5) is 4.79 Å². The molecule has 2 aromatic rings. The predicted molar refractivity (Wildman–Crippen MR) is 81.6 cm³/mol. The first-order chi connectivity index (χ1) is 10.2. The number of rotatable bonds is 3. The van der Waals surface area contributed by atoms with E-state index in [1.54, 1.807) is 12.1 Å². The fourth-order valence-electron chi connectivity index (χ4n) is 1.90. The van der Waals surface area contributed by atoms with Crippen LogP contribution < -0.4 is 10.1 Å². The standard InChI is InChI=1S/C16H11NO3S/c18-15-14(21-16(19)17-15)13(11-7-3-1-4-8-11)20-12-9-5-2-6-10-12/h1-10H,(H,17,18,19). The lowest BCUT2D eigenvalue weighted by atomic mass is 10.1. The molecule has 1 aliphatic heterocycles. The van der Waals surface area contributed by atoms with Crippen molar-refractivity contribution < 1.29 is 14.3 Å². The van der Waals surface area contributed by atoms with Gasteiger partial charge in [0.25, 0.3) is 11.1 Å². The van der Waals surface area contributed by atoms with Crippen molar-refractivity contribution in [2.24, 2.45) is 0 Å². The van der Waals surface area contributed by atoms with Crippen LogP contribution in [0.15, 0.2) is 65.6 Å². The van der Waals surface area contributed by atoms with Gasteiger partial charge in [-0.1, -0.05) is 48.5 Å². The maximum Gasteiger partial charge on any atom is 0.291 e. The highest BCUT2D eigenvalue weighted by Gasteiger charge is 2.30. The Kier molecular flexibility index (Phi) is 3.75. The summed E-state index contributed by atoms with van der Waals surface area (Å²) in [4.78, 5) is 23.6. The SMILES string of the molecule is O=C1NC(=O)C(=C(Oc2ccccc2)c2ccccc2)S1. The van der Waals surface area contributed by atoms with E-state index in [0.717, 1.165) is 17.3 Å². The fourth-order valence-corrected chi connectivity index (χ4v) is 2.62. The first-order valence-corrected chi connectivity index (χ1v) is 7.11. The largest absolute Gasteiger partial charge is 0.455 e. The summed E-state index contributed by atoms with van der Waals surface area (Å²) in [5, 5.41) is 1.86. The maximum atomic E-state index is 11.9. The molecule has 0 atom stereocenters. The molecular weight excluding hydrogens is 286 g/mol. The summed E-state index contributed by atoms with van der Waals surface area (Å²) in [6.45, 7) is 0. The summed E-state index contributed by atoms with van der Waals surface area (Å²) in [5.41, 5.74) is 0.744. The predicted octanol–water partition coefficient (Wildman–Crippen LogP) is 3.42. The average Bonchev–Trinajstić information content (AvgIpc) is 2.85. The molecule has 5 heteroatoms. The van der Waals surface area contributed by atoms with Gasteiger partial charge in [0.05, 0.1) is 0 Å². The molecule has 0 bridgehead atoms. The Morgan fingerprint density at radius 2 is 1.52 bits per heavy atom. The molecule has 0 unspecified atom stereocenters. The third kappa shape index (κ3) is 2.98. The van der Waals surface area contributed by atoms with Gasteiger partial charge in [-0.25, -0.2) is 0 Å². The van der Waals surface area contributed by atoms with Gasteiger partial charge in [-0.2, -0.15) is 0 Å². The highest BCUT2D eigenvalue weighted by Crippen LogP contribution is 2.33. The summed E-state index contributed by atoms with van der Waals surface area (Å²) in [6.07, 6.45) is 0. The number of ether oxygens (including phenoxy) is 1. The second-order valence-electron chi connectivity index (χ2n) is 4.28. The lowest BCUT2D eigenvalue weighted by molar-refractivity contribution is -0.115. The number of imide groups is 1. The number of thioether (sulfide) groups is 1. The molecule has 0 saturated carbocycles. The number of hydrogen-bond acceptors (Lipinski definition) is 4. The van der Waals surface area contributed by atoms with E-state index in [1.165, 1.54) is 0 Å². The van der Waals surface area contributed by atoms with Gasteiger partial charge in [0, 0.05) is 5.56 Å². The van der Waals surface area contributed by atoms with Gasteiger partial charge in [0.2, 0.25) is 0 Å².